The average molecular weight is 166 g/mol. The second kappa shape index (κ2) is 3.16. The summed E-state index contributed by atoms with van der Waals surface area (Å²) in [5.41, 5.74) is 5.66. The molecule has 0 aromatic heterocycles. The zero-order chi connectivity index (χ0) is 9.19. The van der Waals surface area contributed by atoms with Crippen LogP contribution in [0.1, 0.15) is 13.3 Å². The molecule has 0 aromatic rings. The molecule has 1 amide bonds. The maximum Gasteiger partial charge on any atom is 0.298 e. The monoisotopic (exact) mass is 166 g/mol. The van der Waals surface area contributed by atoms with Gasteiger partial charge in [0.25, 0.3) is 5.91 Å². The van der Waals surface area contributed by atoms with E-state index in [1.54, 1.807) is 4.90 Å². The molecule has 0 radical (unpaired) electrons. The number of hydrogen-bond acceptors (Lipinski definition) is 2. The Morgan fingerprint density at radius 2 is 2.50 bits per heavy atom. The van der Waals surface area contributed by atoms with Crippen LogP contribution in [0.4, 0.5) is 0 Å². The minimum absolute atomic E-state index is 0.0759. The van der Waals surface area contributed by atoms with Crippen molar-refractivity contribution in [2.75, 3.05) is 19.6 Å². The van der Waals surface area contributed by atoms with E-state index in [0.717, 1.165) is 13.0 Å². The van der Waals surface area contributed by atoms with E-state index in [0.29, 0.717) is 13.1 Å². The van der Waals surface area contributed by atoms with E-state index in [1.807, 2.05) is 0 Å². The third-order valence-corrected chi connectivity index (χ3v) is 2.46. The molecular formula is C9H14N2O. The highest BCUT2D eigenvalue weighted by Crippen LogP contribution is 2.28. The van der Waals surface area contributed by atoms with Gasteiger partial charge in [0, 0.05) is 13.1 Å². The van der Waals surface area contributed by atoms with Crippen LogP contribution in [0.25, 0.3) is 0 Å². The van der Waals surface area contributed by atoms with Gasteiger partial charge >= 0.3 is 0 Å². The molecule has 2 N–H and O–H groups in total. The lowest BCUT2D eigenvalue weighted by molar-refractivity contribution is -0.124. The molecule has 0 aromatic carbocycles. The summed E-state index contributed by atoms with van der Waals surface area (Å²) in [6, 6.07) is 0. The van der Waals surface area contributed by atoms with E-state index < -0.39 is 0 Å². The van der Waals surface area contributed by atoms with Crippen LogP contribution in [0.15, 0.2) is 0 Å². The van der Waals surface area contributed by atoms with Crippen molar-refractivity contribution in [2.45, 2.75) is 13.3 Å². The van der Waals surface area contributed by atoms with Crippen LogP contribution < -0.4 is 5.73 Å². The summed E-state index contributed by atoms with van der Waals surface area (Å²) in [6.07, 6.45) is 5.96. The third-order valence-electron chi connectivity index (χ3n) is 2.46. The molecule has 0 spiro atoms. The number of likely N-dealkylation sites (tertiary alicyclic amines) is 1. The Kier molecular flexibility index (Phi) is 2.39. The molecule has 12 heavy (non-hydrogen) atoms. The standard InChI is InChI=1S/C9H14N2O/c1-3-8(12)11-5-4-9(2,6-10)7-11/h1H,4-7,10H2,2H3. The van der Waals surface area contributed by atoms with Gasteiger partial charge < -0.3 is 10.6 Å². The molecule has 66 valence electrons. The molecule has 1 unspecified atom stereocenters. The van der Waals surface area contributed by atoms with Gasteiger partial charge in [0.1, 0.15) is 0 Å². The predicted molar refractivity (Wildman–Crippen MR) is 47.2 cm³/mol. The minimum atomic E-state index is -0.216. The Bertz CT molecular complexity index is 231. The van der Waals surface area contributed by atoms with Crippen LogP contribution in [-0.2, 0) is 4.79 Å². The van der Waals surface area contributed by atoms with Crippen LogP contribution in [0.3, 0.4) is 0 Å². The normalized spacial score (nSPS) is 28.6. The number of amides is 1. The van der Waals surface area contributed by atoms with Crippen LogP contribution in [0.2, 0.25) is 0 Å². The highest BCUT2D eigenvalue weighted by Gasteiger charge is 2.34. The predicted octanol–water partition coefficient (Wildman–Crippen LogP) is -0.183. The highest BCUT2D eigenvalue weighted by molar-refractivity contribution is 5.93. The van der Waals surface area contributed by atoms with Gasteiger partial charge in [0.05, 0.1) is 0 Å². The SMILES string of the molecule is C#CC(=O)N1CCC(C)(CN)C1. The van der Waals surface area contributed by atoms with Gasteiger partial charge in [-0.1, -0.05) is 6.92 Å². The van der Waals surface area contributed by atoms with Gasteiger partial charge in [-0.15, -0.1) is 6.42 Å². The Hall–Kier alpha value is -1.01. The summed E-state index contributed by atoms with van der Waals surface area (Å²) in [6.45, 7) is 4.14. The van der Waals surface area contributed by atoms with Crippen LogP contribution in [0, 0.1) is 17.8 Å². The van der Waals surface area contributed by atoms with Crippen molar-refractivity contribution in [3.05, 3.63) is 0 Å². The molecule has 1 atom stereocenters. The molecule has 3 heteroatoms. The van der Waals surface area contributed by atoms with E-state index in [1.165, 1.54) is 0 Å². The summed E-state index contributed by atoms with van der Waals surface area (Å²) in [4.78, 5) is 12.8. The fourth-order valence-electron chi connectivity index (χ4n) is 1.46. The Balaban J connectivity index is 2.58. The lowest BCUT2D eigenvalue weighted by atomic mass is 9.90. The largest absolute Gasteiger partial charge is 0.331 e. The van der Waals surface area contributed by atoms with Crippen molar-refractivity contribution >= 4 is 5.91 Å². The maximum atomic E-state index is 11.1. The second-order valence-corrected chi connectivity index (χ2v) is 3.64. The van der Waals surface area contributed by atoms with Gasteiger partial charge in [0.15, 0.2) is 0 Å². The van der Waals surface area contributed by atoms with Crippen LogP contribution in [0.5, 0.6) is 0 Å². The van der Waals surface area contributed by atoms with Crippen molar-refractivity contribution in [1.29, 1.82) is 0 Å². The van der Waals surface area contributed by atoms with E-state index in [9.17, 15) is 4.79 Å². The fourth-order valence-corrected chi connectivity index (χ4v) is 1.46. The van der Waals surface area contributed by atoms with Gasteiger partial charge in [-0.2, -0.15) is 0 Å². The minimum Gasteiger partial charge on any atom is -0.331 e. The number of carbonyl (C=O) groups is 1. The average Bonchev–Trinajstić information content (AvgIpc) is 2.48. The zero-order valence-corrected chi connectivity index (χ0v) is 7.34. The van der Waals surface area contributed by atoms with Crippen molar-refractivity contribution in [3.8, 4) is 12.3 Å². The smallest absolute Gasteiger partial charge is 0.298 e. The number of terminal acetylenes is 1. The molecule has 0 bridgehead atoms. The van der Waals surface area contributed by atoms with E-state index in [-0.39, 0.29) is 11.3 Å². The molecule has 1 fully saturated rings. The van der Waals surface area contributed by atoms with E-state index in [2.05, 4.69) is 12.8 Å². The van der Waals surface area contributed by atoms with Crippen molar-refractivity contribution in [2.24, 2.45) is 11.1 Å². The summed E-state index contributed by atoms with van der Waals surface area (Å²) < 4.78 is 0. The summed E-state index contributed by atoms with van der Waals surface area (Å²) in [5.74, 6) is 1.90. The number of carbonyl (C=O) groups excluding carboxylic acids is 1. The first kappa shape index (κ1) is 9.08. The molecule has 0 saturated carbocycles. The van der Waals surface area contributed by atoms with Crippen LogP contribution in [-0.4, -0.2) is 30.4 Å². The molecule has 1 rings (SSSR count). The summed E-state index contributed by atoms with van der Waals surface area (Å²) in [7, 11) is 0. The molecule has 1 saturated heterocycles. The summed E-state index contributed by atoms with van der Waals surface area (Å²) >= 11 is 0. The Morgan fingerprint density at radius 3 is 2.92 bits per heavy atom. The molecule has 0 aliphatic carbocycles. The van der Waals surface area contributed by atoms with Gasteiger partial charge in [-0.05, 0) is 24.3 Å². The summed E-state index contributed by atoms with van der Waals surface area (Å²) in [5, 5.41) is 0. The molecule has 1 aliphatic rings. The first-order valence-corrected chi connectivity index (χ1v) is 4.07. The highest BCUT2D eigenvalue weighted by atomic mass is 16.2. The third kappa shape index (κ3) is 1.59. The quantitative estimate of drug-likeness (QED) is 0.549. The number of hydrogen-bond donors (Lipinski definition) is 1. The lowest BCUT2D eigenvalue weighted by Gasteiger charge is -2.21. The van der Waals surface area contributed by atoms with Gasteiger partial charge in [-0.25, -0.2) is 0 Å². The molecule has 3 nitrogen and oxygen atoms in total. The lowest BCUT2D eigenvalue weighted by Crippen LogP contribution is -2.33. The van der Waals surface area contributed by atoms with Crippen molar-refractivity contribution in [1.82, 2.24) is 4.90 Å². The van der Waals surface area contributed by atoms with Gasteiger partial charge in [-0.3, -0.25) is 4.79 Å². The van der Waals surface area contributed by atoms with Crippen molar-refractivity contribution in [3.63, 3.8) is 0 Å². The maximum absolute atomic E-state index is 11.1. The number of nitrogens with zero attached hydrogens (tertiary/aromatic N) is 1. The Morgan fingerprint density at radius 1 is 1.83 bits per heavy atom. The van der Waals surface area contributed by atoms with E-state index >= 15 is 0 Å². The first-order valence-electron chi connectivity index (χ1n) is 4.07. The fraction of sp³-hybridized carbons (Fsp3) is 0.667. The molecule has 1 heterocycles. The van der Waals surface area contributed by atoms with Gasteiger partial charge in [0.2, 0.25) is 0 Å². The second-order valence-electron chi connectivity index (χ2n) is 3.64. The van der Waals surface area contributed by atoms with Crippen LogP contribution >= 0.6 is 0 Å². The zero-order valence-electron chi connectivity index (χ0n) is 7.34. The Labute approximate surface area is 72.9 Å². The molecule has 1 aliphatic heterocycles. The van der Waals surface area contributed by atoms with Crippen molar-refractivity contribution < 1.29 is 4.79 Å². The number of rotatable bonds is 1. The number of nitrogens with two attached hydrogens (primary N) is 1. The first-order chi connectivity index (χ1) is 5.61. The molecular weight excluding hydrogens is 152 g/mol. The topological polar surface area (TPSA) is 46.3 Å². The van der Waals surface area contributed by atoms with E-state index in [4.69, 9.17) is 12.2 Å².